The van der Waals surface area contributed by atoms with Crippen molar-refractivity contribution in [1.29, 1.82) is 0 Å². The average molecular weight is 378 g/mol. The summed E-state index contributed by atoms with van der Waals surface area (Å²) in [4.78, 5) is 25.1. The standard InChI is InChI=1S/C18H20ClN3O4/c1-2-22(10-17(23)24)14-7-13(8-14)20-18(25)15-9-16(26-21-15)11-3-5-12(19)6-4-11/h3-6,9,13-14H,2,7-8,10H2,1H3,(H,20,25)(H,23,24). The molecule has 0 bridgehead atoms. The number of aliphatic carboxylic acids is 1. The number of amides is 1. The molecule has 1 heterocycles. The third-order valence-electron chi connectivity index (χ3n) is 4.58. The third-order valence-corrected chi connectivity index (χ3v) is 4.83. The molecule has 1 fully saturated rings. The molecule has 0 unspecified atom stereocenters. The van der Waals surface area contributed by atoms with Crippen LogP contribution in [-0.4, -0.2) is 52.2 Å². The van der Waals surface area contributed by atoms with Gasteiger partial charge < -0.3 is 14.9 Å². The Morgan fingerprint density at radius 1 is 1.35 bits per heavy atom. The smallest absolute Gasteiger partial charge is 0.317 e. The number of carboxylic acid groups (broad SMARTS) is 1. The Bertz CT molecular complexity index is 784. The van der Waals surface area contributed by atoms with E-state index in [0.717, 1.165) is 18.4 Å². The molecule has 3 rings (SSSR count). The monoisotopic (exact) mass is 377 g/mol. The molecule has 1 aliphatic rings. The van der Waals surface area contributed by atoms with Crippen LogP contribution in [0.3, 0.4) is 0 Å². The minimum absolute atomic E-state index is 0.0195. The predicted octanol–water partition coefficient (Wildman–Crippen LogP) is 2.66. The zero-order valence-electron chi connectivity index (χ0n) is 14.3. The maximum atomic E-state index is 12.3. The van der Waals surface area contributed by atoms with Gasteiger partial charge in [0.25, 0.3) is 5.91 Å². The molecule has 1 aliphatic carbocycles. The number of hydrogen-bond donors (Lipinski definition) is 2. The second kappa shape index (κ2) is 7.88. The molecule has 7 nitrogen and oxygen atoms in total. The SMILES string of the molecule is CCN(CC(=O)O)C1CC(NC(=O)c2cc(-c3ccc(Cl)cc3)on2)C1. The lowest BCUT2D eigenvalue weighted by atomic mass is 9.85. The van der Waals surface area contributed by atoms with Gasteiger partial charge in [-0.05, 0) is 43.7 Å². The zero-order valence-corrected chi connectivity index (χ0v) is 15.1. The van der Waals surface area contributed by atoms with Crippen molar-refractivity contribution in [2.24, 2.45) is 0 Å². The molecule has 0 aliphatic heterocycles. The van der Waals surface area contributed by atoms with Gasteiger partial charge in [0, 0.05) is 28.7 Å². The molecule has 1 aromatic carbocycles. The van der Waals surface area contributed by atoms with Gasteiger partial charge in [0.2, 0.25) is 0 Å². The topological polar surface area (TPSA) is 95.7 Å². The Balaban J connectivity index is 1.54. The largest absolute Gasteiger partial charge is 0.480 e. The van der Waals surface area contributed by atoms with E-state index in [9.17, 15) is 9.59 Å². The van der Waals surface area contributed by atoms with Crippen LogP contribution in [-0.2, 0) is 4.79 Å². The summed E-state index contributed by atoms with van der Waals surface area (Å²) in [6.45, 7) is 2.63. The van der Waals surface area contributed by atoms with Gasteiger partial charge in [-0.25, -0.2) is 0 Å². The van der Waals surface area contributed by atoms with Crippen LogP contribution in [0.4, 0.5) is 0 Å². The van der Waals surface area contributed by atoms with Crippen molar-refractivity contribution in [3.63, 3.8) is 0 Å². The van der Waals surface area contributed by atoms with Gasteiger partial charge in [0.15, 0.2) is 11.5 Å². The molecule has 2 aromatic rings. The maximum Gasteiger partial charge on any atom is 0.317 e. The first-order chi connectivity index (χ1) is 12.5. The average Bonchev–Trinajstić information content (AvgIpc) is 3.06. The molecule has 0 saturated heterocycles. The predicted molar refractivity (Wildman–Crippen MR) is 96.1 cm³/mol. The summed E-state index contributed by atoms with van der Waals surface area (Å²) in [5.41, 5.74) is 1.01. The quantitative estimate of drug-likeness (QED) is 0.770. The molecule has 8 heteroatoms. The Morgan fingerprint density at radius 3 is 2.65 bits per heavy atom. The number of rotatable bonds is 7. The highest BCUT2D eigenvalue weighted by molar-refractivity contribution is 6.30. The van der Waals surface area contributed by atoms with Crippen molar-refractivity contribution in [3.8, 4) is 11.3 Å². The van der Waals surface area contributed by atoms with Crippen LogP contribution in [0, 0.1) is 0 Å². The number of nitrogens with zero attached hydrogens (tertiary/aromatic N) is 2. The van der Waals surface area contributed by atoms with Gasteiger partial charge >= 0.3 is 5.97 Å². The van der Waals surface area contributed by atoms with Crippen LogP contribution >= 0.6 is 11.6 Å². The lowest BCUT2D eigenvalue weighted by Gasteiger charge is -2.42. The van der Waals surface area contributed by atoms with E-state index in [0.29, 0.717) is 17.3 Å². The van der Waals surface area contributed by atoms with Crippen LogP contribution in [0.2, 0.25) is 5.02 Å². The summed E-state index contributed by atoms with van der Waals surface area (Å²) in [5, 5.41) is 16.3. The highest BCUT2D eigenvalue weighted by Crippen LogP contribution is 2.26. The van der Waals surface area contributed by atoms with Crippen molar-refractivity contribution >= 4 is 23.5 Å². The van der Waals surface area contributed by atoms with Crippen LogP contribution in [0.25, 0.3) is 11.3 Å². The van der Waals surface area contributed by atoms with E-state index in [4.69, 9.17) is 21.2 Å². The molecule has 2 N–H and O–H groups in total. The van der Waals surface area contributed by atoms with Gasteiger partial charge in [-0.1, -0.05) is 23.7 Å². The fourth-order valence-corrected chi connectivity index (χ4v) is 3.19. The van der Waals surface area contributed by atoms with Gasteiger partial charge in [-0.2, -0.15) is 0 Å². The number of aromatic nitrogens is 1. The summed E-state index contributed by atoms with van der Waals surface area (Å²) in [6.07, 6.45) is 1.46. The van der Waals surface area contributed by atoms with Gasteiger partial charge in [-0.15, -0.1) is 0 Å². The first-order valence-corrected chi connectivity index (χ1v) is 8.83. The number of carbonyl (C=O) groups excluding carboxylic acids is 1. The minimum atomic E-state index is -0.836. The van der Waals surface area contributed by atoms with E-state index in [1.54, 1.807) is 30.3 Å². The number of benzene rings is 1. The van der Waals surface area contributed by atoms with E-state index < -0.39 is 5.97 Å². The first kappa shape index (κ1) is 18.4. The number of carbonyl (C=O) groups is 2. The lowest BCUT2D eigenvalue weighted by Crippen LogP contribution is -2.54. The Morgan fingerprint density at radius 2 is 2.04 bits per heavy atom. The van der Waals surface area contributed by atoms with Crippen molar-refractivity contribution in [1.82, 2.24) is 15.4 Å². The summed E-state index contributed by atoms with van der Waals surface area (Å²) in [6, 6.07) is 8.87. The Hall–Kier alpha value is -2.38. The normalized spacial score (nSPS) is 19.2. The fourth-order valence-electron chi connectivity index (χ4n) is 3.07. The van der Waals surface area contributed by atoms with Crippen LogP contribution in [0.5, 0.6) is 0 Å². The molecule has 0 spiro atoms. The Labute approximate surface area is 155 Å². The molecule has 1 aromatic heterocycles. The molecule has 0 atom stereocenters. The molecule has 0 radical (unpaired) electrons. The van der Waals surface area contributed by atoms with Crippen molar-refractivity contribution in [2.75, 3.05) is 13.1 Å². The van der Waals surface area contributed by atoms with E-state index in [1.165, 1.54) is 0 Å². The van der Waals surface area contributed by atoms with E-state index in [-0.39, 0.29) is 30.2 Å². The summed E-state index contributed by atoms with van der Waals surface area (Å²) >= 11 is 5.86. The van der Waals surface area contributed by atoms with E-state index in [2.05, 4.69) is 10.5 Å². The zero-order chi connectivity index (χ0) is 18.7. The molecular weight excluding hydrogens is 358 g/mol. The van der Waals surface area contributed by atoms with Crippen molar-refractivity contribution in [3.05, 3.63) is 41.0 Å². The number of nitrogens with one attached hydrogen (secondary N) is 1. The van der Waals surface area contributed by atoms with Crippen LogP contribution in [0.1, 0.15) is 30.3 Å². The fraction of sp³-hybridized carbons (Fsp3) is 0.389. The molecule has 138 valence electrons. The van der Waals surface area contributed by atoms with Gasteiger partial charge in [-0.3, -0.25) is 14.5 Å². The van der Waals surface area contributed by atoms with Gasteiger partial charge in [0.05, 0.1) is 6.54 Å². The van der Waals surface area contributed by atoms with E-state index in [1.807, 2.05) is 11.8 Å². The first-order valence-electron chi connectivity index (χ1n) is 8.45. The molecule has 26 heavy (non-hydrogen) atoms. The second-order valence-corrected chi connectivity index (χ2v) is 6.77. The van der Waals surface area contributed by atoms with Crippen LogP contribution in [0.15, 0.2) is 34.9 Å². The summed E-state index contributed by atoms with van der Waals surface area (Å²) < 4.78 is 5.24. The minimum Gasteiger partial charge on any atom is -0.480 e. The highest BCUT2D eigenvalue weighted by Gasteiger charge is 2.35. The van der Waals surface area contributed by atoms with Gasteiger partial charge in [0.1, 0.15) is 0 Å². The van der Waals surface area contributed by atoms with E-state index >= 15 is 0 Å². The third kappa shape index (κ3) is 4.23. The van der Waals surface area contributed by atoms with Crippen LogP contribution < -0.4 is 5.32 Å². The highest BCUT2D eigenvalue weighted by atomic mass is 35.5. The number of hydrogen-bond acceptors (Lipinski definition) is 5. The second-order valence-electron chi connectivity index (χ2n) is 6.34. The lowest BCUT2D eigenvalue weighted by molar-refractivity contribution is -0.139. The van der Waals surface area contributed by atoms with Crippen molar-refractivity contribution < 1.29 is 19.2 Å². The molecular formula is C18H20ClN3O4. The summed E-state index contributed by atoms with van der Waals surface area (Å²) in [7, 11) is 0. The summed E-state index contributed by atoms with van der Waals surface area (Å²) in [5.74, 6) is -0.632. The maximum absolute atomic E-state index is 12.3. The number of carboxylic acids is 1. The van der Waals surface area contributed by atoms with Crippen molar-refractivity contribution in [2.45, 2.75) is 31.8 Å². The Kier molecular flexibility index (Phi) is 5.58. The number of halogens is 1. The number of likely N-dealkylation sites (N-methyl/N-ethyl adjacent to an activating group) is 1. The molecule has 1 amide bonds. The molecule has 1 saturated carbocycles.